The van der Waals surface area contributed by atoms with Gasteiger partial charge < -0.3 is 10.1 Å². The highest BCUT2D eigenvalue weighted by Gasteiger charge is 2.44. The van der Waals surface area contributed by atoms with Crippen LogP contribution in [0.2, 0.25) is 5.02 Å². The maximum Gasteiger partial charge on any atom is 0.317 e. The summed E-state index contributed by atoms with van der Waals surface area (Å²) < 4.78 is 27.8. The van der Waals surface area contributed by atoms with Gasteiger partial charge in [0.05, 0.1) is 10.3 Å². The van der Waals surface area contributed by atoms with Crippen LogP contribution in [-0.4, -0.2) is 26.9 Å². The second-order valence-corrected chi connectivity index (χ2v) is 8.99. The Morgan fingerprint density at radius 2 is 1.62 bits per heavy atom. The van der Waals surface area contributed by atoms with Gasteiger partial charge in [-0.3, -0.25) is 9.59 Å². The summed E-state index contributed by atoms with van der Waals surface area (Å²) in [7, 11) is -3.81. The lowest BCUT2D eigenvalue weighted by atomic mass is 9.79. The van der Waals surface area contributed by atoms with E-state index in [0.717, 1.165) is 18.4 Å². The summed E-state index contributed by atoms with van der Waals surface area (Å²) in [5.41, 5.74) is 0.442. The van der Waals surface area contributed by atoms with E-state index >= 15 is 0 Å². The summed E-state index contributed by atoms with van der Waals surface area (Å²) in [4.78, 5) is 24.9. The van der Waals surface area contributed by atoms with Crippen molar-refractivity contribution in [3.05, 3.63) is 59.1 Å². The lowest BCUT2D eigenvalue weighted by Gasteiger charge is -2.27. The Labute approximate surface area is 174 Å². The molecule has 3 rings (SSSR count). The highest BCUT2D eigenvalue weighted by Crippen LogP contribution is 2.42. The smallest absolute Gasteiger partial charge is 0.317 e. The fourth-order valence-electron chi connectivity index (χ4n) is 3.55. The quantitative estimate of drug-likeness (QED) is 0.675. The Kier molecular flexibility index (Phi) is 6.26. The third-order valence-corrected chi connectivity index (χ3v) is 6.23. The van der Waals surface area contributed by atoms with Gasteiger partial charge in [0.15, 0.2) is 6.61 Å². The van der Waals surface area contributed by atoms with Crippen LogP contribution < -0.4 is 10.5 Å². The van der Waals surface area contributed by atoms with Gasteiger partial charge in [-0.15, -0.1) is 0 Å². The summed E-state index contributed by atoms with van der Waals surface area (Å²) in [6.45, 7) is -0.439. The predicted molar refractivity (Wildman–Crippen MR) is 109 cm³/mol. The average molecular weight is 437 g/mol. The maximum atomic E-state index is 12.8. The van der Waals surface area contributed by atoms with Gasteiger partial charge in [-0.2, -0.15) is 0 Å². The first-order valence-electron chi connectivity index (χ1n) is 9.07. The number of hydrogen-bond acceptors (Lipinski definition) is 5. The summed E-state index contributed by atoms with van der Waals surface area (Å²) in [5, 5.41) is 8.18. The molecule has 0 atom stereocenters. The van der Waals surface area contributed by atoms with Crippen molar-refractivity contribution >= 4 is 39.2 Å². The van der Waals surface area contributed by atoms with Gasteiger partial charge in [0.2, 0.25) is 10.0 Å². The zero-order valence-electron chi connectivity index (χ0n) is 15.6. The molecule has 0 bridgehead atoms. The van der Waals surface area contributed by atoms with E-state index in [4.69, 9.17) is 21.5 Å². The first-order chi connectivity index (χ1) is 13.7. The highest BCUT2D eigenvalue weighted by molar-refractivity contribution is 7.89. The van der Waals surface area contributed by atoms with E-state index in [-0.39, 0.29) is 4.90 Å². The minimum absolute atomic E-state index is 0.0620. The molecule has 0 saturated heterocycles. The molecule has 154 valence electrons. The van der Waals surface area contributed by atoms with E-state index in [2.05, 4.69) is 5.32 Å². The van der Waals surface area contributed by atoms with E-state index < -0.39 is 33.9 Å². The number of ether oxygens (including phenoxy) is 1. The maximum absolute atomic E-state index is 12.8. The molecule has 1 saturated carbocycles. The predicted octanol–water partition coefficient (Wildman–Crippen LogP) is 2.98. The second-order valence-electron chi connectivity index (χ2n) is 6.99. The second kappa shape index (κ2) is 8.52. The summed E-state index contributed by atoms with van der Waals surface area (Å²) in [5.74, 6) is -0.956. The zero-order chi connectivity index (χ0) is 21.1. The molecule has 7 nitrogen and oxygen atoms in total. The Morgan fingerprint density at radius 1 is 1.03 bits per heavy atom. The SMILES string of the molecule is NS(=O)(=O)c1ccc(NC(=O)COC(=O)C2(c3ccc(Cl)cc3)CCCC2)cc1. The fraction of sp³-hybridized carbons (Fsp3) is 0.300. The van der Waals surface area contributed by atoms with Crippen LogP contribution in [0.4, 0.5) is 5.69 Å². The van der Waals surface area contributed by atoms with Gasteiger partial charge in [-0.25, -0.2) is 13.6 Å². The third kappa shape index (κ3) is 4.95. The minimum Gasteiger partial charge on any atom is -0.455 e. The van der Waals surface area contributed by atoms with Gasteiger partial charge >= 0.3 is 5.97 Å². The van der Waals surface area contributed by atoms with Crippen LogP contribution >= 0.6 is 11.6 Å². The van der Waals surface area contributed by atoms with Gasteiger partial charge in [-0.05, 0) is 54.8 Å². The van der Waals surface area contributed by atoms with Crippen LogP contribution in [0.25, 0.3) is 0 Å². The summed E-state index contributed by atoms with van der Waals surface area (Å²) in [6.07, 6.45) is 3.12. The molecular weight excluding hydrogens is 416 g/mol. The normalized spacial score (nSPS) is 15.7. The van der Waals surface area contributed by atoms with Crippen molar-refractivity contribution in [1.29, 1.82) is 0 Å². The molecule has 0 unspecified atom stereocenters. The highest BCUT2D eigenvalue weighted by atomic mass is 35.5. The zero-order valence-corrected chi connectivity index (χ0v) is 17.1. The third-order valence-electron chi connectivity index (χ3n) is 5.05. The molecule has 2 aromatic carbocycles. The van der Waals surface area contributed by atoms with E-state index in [9.17, 15) is 18.0 Å². The number of carbonyl (C=O) groups excluding carboxylic acids is 2. The molecule has 1 amide bonds. The molecule has 0 aromatic heterocycles. The van der Waals surface area contributed by atoms with Crippen LogP contribution in [0.15, 0.2) is 53.4 Å². The van der Waals surface area contributed by atoms with Crippen molar-refractivity contribution < 1.29 is 22.7 Å². The molecule has 1 aliphatic rings. The van der Waals surface area contributed by atoms with Crippen molar-refractivity contribution in [3.8, 4) is 0 Å². The number of nitrogens with one attached hydrogen (secondary N) is 1. The van der Waals surface area contributed by atoms with Crippen LogP contribution in [-0.2, 0) is 29.8 Å². The molecule has 0 radical (unpaired) electrons. The van der Waals surface area contributed by atoms with Gasteiger partial charge in [-0.1, -0.05) is 36.6 Å². The number of nitrogens with two attached hydrogens (primary N) is 1. The molecule has 1 aliphatic carbocycles. The molecule has 9 heteroatoms. The number of halogens is 1. The van der Waals surface area contributed by atoms with Crippen molar-refractivity contribution in [3.63, 3.8) is 0 Å². The molecule has 3 N–H and O–H groups in total. The summed E-state index contributed by atoms with van der Waals surface area (Å²) >= 11 is 5.95. The average Bonchev–Trinajstić information content (AvgIpc) is 3.17. The van der Waals surface area contributed by atoms with Crippen molar-refractivity contribution in [2.45, 2.75) is 36.0 Å². The lowest BCUT2D eigenvalue weighted by molar-refractivity contribution is -0.153. The van der Waals surface area contributed by atoms with Crippen molar-refractivity contribution in [2.75, 3.05) is 11.9 Å². The number of primary sulfonamides is 1. The molecule has 0 aliphatic heterocycles. The minimum atomic E-state index is -3.81. The van der Waals surface area contributed by atoms with E-state index in [0.29, 0.717) is 23.6 Å². The van der Waals surface area contributed by atoms with Gasteiger partial charge in [0.25, 0.3) is 5.91 Å². The molecular formula is C20H21ClN2O5S. The number of benzene rings is 2. The number of anilines is 1. The van der Waals surface area contributed by atoms with Crippen molar-refractivity contribution in [2.24, 2.45) is 5.14 Å². The van der Waals surface area contributed by atoms with E-state index in [1.807, 2.05) is 12.1 Å². The monoisotopic (exact) mass is 436 g/mol. The van der Waals surface area contributed by atoms with E-state index in [1.54, 1.807) is 12.1 Å². The van der Waals surface area contributed by atoms with Crippen LogP contribution in [0.1, 0.15) is 31.2 Å². The molecule has 29 heavy (non-hydrogen) atoms. The Balaban J connectivity index is 1.63. The van der Waals surface area contributed by atoms with Crippen molar-refractivity contribution in [1.82, 2.24) is 0 Å². The molecule has 0 heterocycles. The standard InChI is InChI=1S/C20H21ClN2O5S/c21-15-5-3-14(4-6-15)20(11-1-2-12-20)19(25)28-13-18(24)23-16-7-9-17(10-8-16)29(22,26)27/h3-10H,1-2,11-13H2,(H,23,24)(H2,22,26,27). The molecule has 0 spiro atoms. The molecule has 1 fully saturated rings. The lowest BCUT2D eigenvalue weighted by Crippen LogP contribution is -2.36. The van der Waals surface area contributed by atoms with Gasteiger partial charge in [0.1, 0.15) is 0 Å². The van der Waals surface area contributed by atoms with Crippen LogP contribution in [0, 0.1) is 0 Å². The summed E-state index contributed by atoms with van der Waals surface area (Å²) in [6, 6.07) is 12.5. The van der Waals surface area contributed by atoms with Crippen LogP contribution in [0.3, 0.4) is 0 Å². The number of hydrogen-bond donors (Lipinski definition) is 2. The topological polar surface area (TPSA) is 116 Å². The van der Waals surface area contributed by atoms with Gasteiger partial charge in [0, 0.05) is 10.7 Å². The van der Waals surface area contributed by atoms with E-state index in [1.165, 1.54) is 24.3 Å². The fourth-order valence-corrected chi connectivity index (χ4v) is 4.19. The number of sulfonamides is 1. The number of rotatable bonds is 6. The Morgan fingerprint density at radius 3 is 2.17 bits per heavy atom. The number of carbonyl (C=O) groups is 2. The number of amides is 1. The molecule has 2 aromatic rings. The largest absolute Gasteiger partial charge is 0.455 e. The Bertz CT molecular complexity index is 998. The van der Waals surface area contributed by atoms with Crippen LogP contribution in [0.5, 0.6) is 0 Å². The number of esters is 1. The Hall–Kier alpha value is -2.42. The first kappa shape index (κ1) is 21.3. The first-order valence-corrected chi connectivity index (χ1v) is 11.0.